The summed E-state index contributed by atoms with van der Waals surface area (Å²) in [7, 11) is 0. The number of pyridine rings is 1. The van der Waals surface area contributed by atoms with E-state index in [1.165, 1.54) is 16.8 Å². The molecule has 0 amide bonds. The maximum Gasteiger partial charge on any atom is 0.264 e. The Balaban J connectivity index is 2.99. The number of hydrogen-bond acceptors (Lipinski definition) is 2. The number of rotatable bonds is 3. The van der Waals surface area contributed by atoms with E-state index in [1.54, 1.807) is 11.8 Å². The van der Waals surface area contributed by atoms with E-state index in [4.69, 9.17) is 0 Å². The number of nitrogens with zero attached hydrogens (tertiary/aromatic N) is 1. The van der Waals surface area contributed by atoms with Crippen LogP contribution >= 0.6 is 34.4 Å². The summed E-state index contributed by atoms with van der Waals surface area (Å²) in [6.45, 7) is 2.00. The van der Waals surface area contributed by atoms with Gasteiger partial charge in [0.1, 0.15) is 5.82 Å². The van der Waals surface area contributed by atoms with E-state index in [0.29, 0.717) is 9.45 Å². The molecule has 0 saturated carbocycles. The molecule has 0 radical (unpaired) electrons. The maximum atomic E-state index is 12.9. The fourth-order valence-electron chi connectivity index (χ4n) is 0.850. The van der Waals surface area contributed by atoms with Gasteiger partial charge in [-0.15, -0.1) is 11.8 Å². The Morgan fingerprint density at radius 1 is 1.69 bits per heavy atom. The second-order valence-electron chi connectivity index (χ2n) is 2.40. The highest BCUT2D eigenvalue weighted by molar-refractivity contribution is 14.1. The first kappa shape index (κ1) is 11.0. The van der Waals surface area contributed by atoms with Gasteiger partial charge in [-0.25, -0.2) is 4.39 Å². The predicted molar refractivity (Wildman–Crippen MR) is 61.5 cm³/mol. The Kier molecular flexibility index (Phi) is 4.24. The van der Waals surface area contributed by atoms with Crippen LogP contribution in [0.2, 0.25) is 0 Å². The zero-order valence-electron chi connectivity index (χ0n) is 7.09. The summed E-state index contributed by atoms with van der Waals surface area (Å²) < 4.78 is 14.7. The third-order valence-corrected chi connectivity index (χ3v) is 3.09. The lowest BCUT2D eigenvalue weighted by Crippen LogP contribution is -2.21. The number of hydrogen-bond donors (Lipinski definition) is 0. The van der Waals surface area contributed by atoms with Crippen LogP contribution < -0.4 is 5.56 Å². The molecular weight excluding hydrogens is 304 g/mol. The van der Waals surface area contributed by atoms with Crippen molar-refractivity contribution in [3.8, 4) is 0 Å². The molecule has 13 heavy (non-hydrogen) atoms. The normalized spacial score (nSPS) is 10.4. The quantitative estimate of drug-likeness (QED) is 0.799. The number of halogens is 2. The summed E-state index contributed by atoms with van der Waals surface area (Å²) in [6, 6.07) is 1.25. The molecule has 0 saturated heterocycles. The van der Waals surface area contributed by atoms with Crippen molar-refractivity contribution in [3.63, 3.8) is 0 Å². The van der Waals surface area contributed by atoms with Crippen LogP contribution in [0.5, 0.6) is 0 Å². The summed E-state index contributed by atoms with van der Waals surface area (Å²) >= 11 is 3.43. The first-order valence-corrected chi connectivity index (χ1v) is 6.01. The van der Waals surface area contributed by atoms with Crippen molar-refractivity contribution < 1.29 is 4.39 Å². The van der Waals surface area contributed by atoms with Crippen molar-refractivity contribution in [2.24, 2.45) is 0 Å². The maximum absolute atomic E-state index is 12.9. The molecule has 0 bridgehead atoms. The van der Waals surface area contributed by atoms with Crippen molar-refractivity contribution in [2.75, 3.05) is 5.75 Å². The summed E-state index contributed by atoms with van der Waals surface area (Å²) in [5.41, 5.74) is -0.122. The van der Waals surface area contributed by atoms with Gasteiger partial charge in [-0.2, -0.15) is 0 Å². The summed E-state index contributed by atoms with van der Waals surface area (Å²) in [6.07, 6.45) is 1.24. The van der Waals surface area contributed by atoms with Crippen LogP contribution in [0.25, 0.3) is 0 Å². The largest absolute Gasteiger partial charge is 0.302 e. The van der Waals surface area contributed by atoms with Gasteiger partial charge in [0.25, 0.3) is 5.56 Å². The lowest BCUT2D eigenvalue weighted by Gasteiger charge is -2.04. The summed E-state index contributed by atoms with van der Waals surface area (Å²) in [5.74, 6) is 1.07. The smallest absolute Gasteiger partial charge is 0.264 e. The van der Waals surface area contributed by atoms with Crippen molar-refractivity contribution in [1.29, 1.82) is 0 Å². The Morgan fingerprint density at radius 3 is 3.00 bits per heavy atom. The molecule has 0 aliphatic rings. The van der Waals surface area contributed by atoms with Gasteiger partial charge in [-0.3, -0.25) is 4.79 Å². The molecule has 0 unspecified atom stereocenters. The van der Waals surface area contributed by atoms with Gasteiger partial charge in [0.15, 0.2) is 0 Å². The molecule has 0 aliphatic carbocycles. The van der Waals surface area contributed by atoms with E-state index in [-0.39, 0.29) is 11.4 Å². The highest BCUT2D eigenvalue weighted by Crippen LogP contribution is 2.06. The Hall–Kier alpha value is -0.0400. The molecule has 1 heterocycles. The van der Waals surface area contributed by atoms with Crippen LogP contribution in [-0.4, -0.2) is 10.3 Å². The fourth-order valence-corrected chi connectivity index (χ4v) is 2.03. The average Bonchev–Trinajstić information content (AvgIpc) is 2.09. The molecule has 0 aliphatic heterocycles. The van der Waals surface area contributed by atoms with Crippen LogP contribution in [0.15, 0.2) is 17.1 Å². The average molecular weight is 313 g/mol. The molecule has 72 valence electrons. The lowest BCUT2D eigenvalue weighted by molar-refractivity contribution is 0.601. The highest BCUT2D eigenvalue weighted by Gasteiger charge is 2.03. The first-order valence-electron chi connectivity index (χ1n) is 3.78. The van der Waals surface area contributed by atoms with Crippen LogP contribution in [0, 0.1) is 9.39 Å². The monoisotopic (exact) mass is 313 g/mol. The minimum Gasteiger partial charge on any atom is -0.302 e. The molecule has 0 spiro atoms. The molecular formula is C8H9FINOS. The standard InChI is InChI=1S/C8H9FINOS/c1-2-13-5-11-4-6(9)3-7(10)8(11)12/h3-4H,2,5H2,1H3. The van der Waals surface area contributed by atoms with E-state index in [0.717, 1.165) is 5.75 Å². The molecule has 0 atom stereocenters. The van der Waals surface area contributed by atoms with Crippen molar-refractivity contribution in [3.05, 3.63) is 32.0 Å². The fraction of sp³-hybridized carbons (Fsp3) is 0.375. The van der Waals surface area contributed by atoms with Crippen molar-refractivity contribution in [1.82, 2.24) is 4.57 Å². The van der Waals surface area contributed by atoms with Crippen LogP contribution in [0.4, 0.5) is 4.39 Å². The molecule has 5 heteroatoms. The predicted octanol–water partition coefficient (Wildman–Crippen LogP) is 2.30. The number of aromatic nitrogens is 1. The second-order valence-corrected chi connectivity index (χ2v) is 4.81. The minimum atomic E-state index is -0.360. The first-order chi connectivity index (χ1) is 6.15. The molecule has 0 N–H and O–H groups in total. The molecule has 2 nitrogen and oxygen atoms in total. The van der Waals surface area contributed by atoms with E-state index < -0.39 is 0 Å². The Morgan fingerprint density at radius 2 is 2.38 bits per heavy atom. The SMILES string of the molecule is CCSCn1cc(F)cc(I)c1=O. The molecule has 1 aromatic heterocycles. The zero-order chi connectivity index (χ0) is 9.84. The minimum absolute atomic E-state index is 0.122. The van der Waals surface area contributed by atoms with Crippen LogP contribution in [0.1, 0.15) is 6.92 Å². The molecule has 1 rings (SSSR count). The van der Waals surface area contributed by atoms with Gasteiger partial charge >= 0.3 is 0 Å². The lowest BCUT2D eigenvalue weighted by atomic mass is 10.5. The van der Waals surface area contributed by atoms with E-state index in [2.05, 4.69) is 0 Å². The van der Waals surface area contributed by atoms with Gasteiger partial charge in [0.05, 0.1) is 9.45 Å². The van der Waals surface area contributed by atoms with E-state index in [1.807, 2.05) is 29.5 Å². The van der Waals surface area contributed by atoms with E-state index in [9.17, 15) is 9.18 Å². The van der Waals surface area contributed by atoms with Gasteiger partial charge < -0.3 is 4.57 Å². The van der Waals surface area contributed by atoms with Crippen molar-refractivity contribution >= 4 is 34.4 Å². The number of thioether (sulfide) groups is 1. The zero-order valence-corrected chi connectivity index (χ0v) is 10.1. The van der Waals surface area contributed by atoms with Gasteiger partial charge in [-0.05, 0) is 34.4 Å². The van der Waals surface area contributed by atoms with Crippen LogP contribution in [-0.2, 0) is 5.88 Å². The second kappa shape index (κ2) is 4.99. The van der Waals surface area contributed by atoms with Crippen LogP contribution in [0.3, 0.4) is 0 Å². The summed E-state index contributed by atoms with van der Waals surface area (Å²) in [4.78, 5) is 11.4. The van der Waals surface area contributed by atoms with Gasteiger partial charge in [0, 0.05) is 6.20 Å². The topological polar surface area (TPSA) is 22.0 Å². The highest BCUT2D eigenvalue weighted by atomic mass is 127. The molecule has 0 aromatic carbocycles. The summed E-state index contributed by atoms with van der Waals surface area (Å²) in [5, 5.41) is 0. The Bertz CT molecular complexity index is 352. The van der Waals surface area contributed by atoms with Gasteiger partial charge in [0.2, 0.25) is 0 Å². The third kappa shape index (κ3) is 2.98. The van der Waals surface area contributed by atoms with E-state index >= 15 is 0 Å². The third-order valence-electron chi connectivity index (χ3n) is 1.44. The Labute approximate surface area is 93.7 Å². The molecule has 1 aromatic rings. The van der Waals surface area contributed by atoms with Crippen molar-refractivity contribution in [2.45, 2.75) is 12.8 Å². The molecule has 0 fully saturated rings. The van der Waals surface area contributed by atoms with Gasteiger partial charge in [-0.1, -0.05) is 6.92 Å².